The second kappa shape index (κ2) is 5.54. The van der Waals surface area contributed by atoms with Crippen molar-refractivity contribution < 1.29 is 0 Å². The fraction of sp³-hybridized carbons (Fsp3) is 0.625. The number of nitrogens with zero attached hydrogens (tertiary/aromatic N) is 3. The lowest BCUT2D eigenvalue weighted by molar-refractivity contribution is 0.568. The van der Waals surface area contributed by atoms with Gasteiger partial charge in [0.05, 0.1) is 10.2 Å². The first-order chi connectivity index (χ1) is 10.3. The largest absolute Gasteiger partial charge is 0.353 e. The quantitative estimate of drug-likeness (QED) is 0.922. The monoisotopic (exact) mass is 302 g/mol. The van der Waals surface area contributed by atoms with Gasteiger partial charge in [0.2, 0.25) is 0 Å². The molecule has 0 amide bonds. The van der Waals surface area contributed by atoms with Crippen LogP contribution >= 0.6 is 11.3 Å². The number of fused-ring (bicyclic) bond motifs is 1. The minimum atomic E-state index is 0.620. The Morgan fingerprint density at radius 3 is 2.95 bits per heavy atom. The van der Waals surface area contributed by atoms with E-state index in [1.807, 2.05) is 0 Å². The van der Waals surface area contributed by atoms with Crippen LogP contribution in [0.2, 0.25) is 0 Å². The molecule has 1 saturated carbocycles. The van der Waals surface area contributed by atoms with Crippen molar-refractivity contribution in [2.75, 3.05) is 24.5 Å². The minimum Gasteiger partial charge on any atom is -0.353 e. The van der Waals surface area contributed by atoms with Crippen LogP contribution in [-0.2, 0) is 0 Å². The van der Waals surface area contributed by atoms with Crippen LogP contribution in [0, 0.1) is 12.8 Å². The van der Waals surface area contributed by atoms with Gasteiger partial charge in [-0.3, -0.25) is 0 Å². The maximum Gasteiger partial charge on any atom is 0.150 e. The summed E-state index contributed by atoms with van der Waals surface area (Å²) in [6.45, 7) is 5.54. The van der Waals surface area contributed by atoms with E-state index < -0.39 is 0 Å². The van der Waals surface area contributed by atoms with Gasteiger partial charge in [0.15, 0.2) is 0 Å². The first-order valence-electron chi connectivity index (χ1n) is 7.98. The molecule has 1 unspecified atom stereocenters. The van der Waals surface area contributed by atoms with E-state index in [1.54, 1.807) is 17.7 Å². The first kappa shape index (κ1) is 13.5. The van der Waals surface area contributed by atoms with Crippen LogP contribution in [0.5, 0.6) is 0 Å². The van der Waals surface area contributed by atoms with Gasteiger partial charge in [-0.2, -0.15) is 0 Å². The number of hydrogen-bond acceptors (Lipinski definition) is 5. The molecule has 1 N–H and O–H groups in total. The Labute approximate surface area is 129 Å². The second-order valence-corrected chi connectivity index (χ2v) is 7.32. The Morgan fingerprint density at radius 2 is 2.19 bits per heavy atom. The van der Waals surface area contributed by atoms with E-state index in [9.17, 15) is 0 Å². The number of nitrogens with one attached hydrogen (secondary N) is 1. The maximum absolute atomic E-state index is 4.64. The highest BCUT2D eigenvalue weighted by Gasteiger charge is 2.28. The van der Waals surface area contributed by atoms with Crippen LogP contribution in [0.3, 0.4) is 0 Å². The number of hydrogen-bond donors (Lipinski definition) is 1. The fourth-order valence-electron chi connectivity index (χ4n) is 3.22. The minimum absolute atomic E-state index is 0.620. The summed E-state index contributed by atoms with van der Waals surface area (Å²) in [5.41, 5.74) is 2.40. The Morgan fingerprint density at radius 1 is 1.29 bits per heavy atom. The molecule has 0 bridgehead atoms. The fourth-order valence-corrected chi connectivity index (χ4v) is 4.24. The summed E-state index contributed by atoms with van der Waals surface area (Å²) >= 11 is 1.79. The zero-order chi connectivity index (χ0) is 14.2. The molecule has 112 valence electrons. The van der Waals surface area contributed by atoms with Crippen molar-refractivity contribution in [2.45, 2.75) is 38.6 Å². The molecule has 1 aliphatic heterocycles. The van der Waals surface area contributed by atoms with Crippen molar-refractivity contribution in [3.63, 3.8) is 0 Å². The van der Waals surface area contributed by atoms with Crippen molar-refractivity contribution in [2.24, 2.45) is 5.92 Å². The van der Waals surface area contributed by atoms with E-state index in [4.69, 9.17) is 0 Å². The van der Waals surface area contributed by atoms with E-state index in [0.717, 1.165) is 30.3 Å². The zero-order valence-electron chi connectivity index (χ0n) is 12.5. The molecule has 3 heterocycles. The van der Waals surface area contributed by atoms with Gasteiger partial charge < -0.3 is 10.2 Å². The van der Waals surface area contributed by atoms with Crippen molar-refractivity contribution in [1.29, 1.82) is 0 Å². The van der Waals surface area contributed by atoms with Crippen LogP contribution in [0.1, 0.15) is 31.2 Å². The lowest BCUT2D eigenvalue weighted by Gasteiger charge is -2.27. The molecule has 5 heteroatoms. The van der Waals surface area contributed by atoms with Crippen LogP contribution in [0.4, 0.5) is 5.82 Å². The number of thiophene rings is 1. The van der Waals surface area contributed by atoms with Gasteiger partial charge in [-0.05, 0) is 56.0 Å². The van der Waals surface area contributed by atoms with Gasteiger partial charge in [0.25, 0.3) is 0 Å². The summed E-state index contributed by atoms with van der Waals surface area (Å²) < 4.78 is 1.26. The lowest BCUT2D eigenvalue weighted by atomic mass is 10.2. The van der Waals surface area contributed by atoms with Crippen molar-refractivity contribution in [1.82, 2.24) is 15.3 Å². The smallest absolute Gasteiger partial charge is 0.150 e. The average molecular weight is 302 g/mol. The van der Waals surface area contributed by atoms with Gasteiger partial charge in [-0.25, -0.2) is 9.97 Å². The topological polar surface area (TPSA) is 41.0 Å². The molecular weight excluding hydrogens is 280 g/mol. The summed E-state index contributed by atoms with van der Waals surface area (Å²) in [5.74, 6) is 2.02. The molecule has 1 saturated heterocycles. The van der Waals surface area contributed by atoms with Gasteiger partial charge in [-0.15, -0.1) is 11.3 Å². The number of aryl methyl sites for hydroxylation is 1. The molecule has 2 aromatic heterocycles. The normalized spacial score (nSPS) is 22.0. The molecule has 0 radical (unpaired) electrons. The molecule has 4 rings (SSSR count). The van der Waals surface area contributed by atoms with Gasteiger partial charge in [-0.1, -0.05) is 0 Å². The Balaban J connectivity index is 1.66. The number of rotatable bonds is 5. The SMILES string of the molecule is Cc1csc2c(N(CC3CC3)CC3CCCN3)ncnc12. The van der Waals surface area contributed by atoms with Crippen molar-refractivity contribution in [3.05, 3.63) is 17.3 Å². The summed E-state index contributed by atoms with van der Waals surface area (Å²) in [6.07, 6.45) is 7.09. The molecular formula is C16H22N4S. The van der Waals surface area contributed by atoms with E-state index in [0.29, 0.717) is 6.04 Å². The third kappa shape index (κ3) is 2.77. The third-order valence-corrected chi connectivity index (χ3v) is 5.67. The van der Waals surface area contributed by atoms with E-state index in [-0.39, 0.29) is 0 Å². The van der Waals surface area contributed by atoms with Crippen LogP contribution in [-0.4, -0.2) is 35.6 Å². The van der Waals surface area contributed by atoms with E-state index in [1.165, 1.54) is 42.5 Å². The summed E-state index contributed by atoms with van der Waals surface area (Å²) in [7, 11) is 0. The predicted molar refractivity (Wildman–Crippen MR) is 88.1 cm³/mol. The summed E-state index contributed by atoms with van der Waals surface area (Å²) in [4.78, 5) is 11.6. The molecule has 2 fully saturated rings. The zero-order valence-corrected chi connectivity index (χ0v) is 13.3. The highest BCUT2D eigenvalue weighted by molar-refractivity contribution is 7.18. The van der Waals surface area contributed by atoms with Gasteiger partial charge in [0, 0.05) is 19.1 Å². The Bertz CT molecular complexity index is 628. The molecule has 1 atom stereocenters. The third-order valence-electron chi connectivity index (χ3n) is 4.59. The lowest BCUT2D eigenvalue weighted by Crippen LogP contribution is -2.39. The number of aromatic nitrogens is 2. The van der Waals surface area contributed by atoms with Gasteiger partial charge >= 0.3 is 0 Å². The Kier molecular flexibility index (Phi) is 3.55. The maximum atomic E-state index is 4.64. The van der Waals surface area contributed by atoms with E-state index in [2.05, 4.69) is 32.5 Å². The molecule has 0 aromatic carbocycles. The predicted octanol–water partition coefficient (Wildman–Crippen LogP) is 2.97. The highest BCUT2D eigenvalue weighted by Crippen LogP contribution is 2.35. The number of anilines is 1. The molecule has 0 spiro atoms. The van der Waals surface area contributed by atoms with Crippen LogP contribution in [0.25, 0.3) is 10.2 Å². The molecule has 2 aromatic rings. The molecule has 21 heavy (non-hydrogen) atoms. The van der Waals surface area contributed by atoms with Crippen LogP contribution < -0.4 is 10.2 Å². The first-order valence-corrected chi connectivity index (χ1v) is 8.86. The van der Waals surface area contributed by atoms with Gasteiger partial charge in [0.1, 0.15) is 12.1 Å². The second-order valence-electron chi connectivity index (χ2n) is 6.44. The summed E-state index contributed by atoms with van der Waals surface area (Å²) in [6, 6.07) is 0.620. The van der Waals surface area contributed by atoms with Crippen LogP contribution in [0.15, 0.2) is 11.7 Å². The average Bonchev–Trinajstić information content (AvgIpc) is 3.01. The molecule has 1 aliphatic carbocycles. The van der Waals surface area contributed by atoms with Crippen molar-refractivity contribution in [3.8, 4) is 0 Å². The Hall–Kier alpha value is -1.20. The van der Waals surface area contributed by atoms with Crippen molar-refractivity contribution >= 4 is 27.4 Å². The summed E-state index contributed by atoms with van der Waals surface area (Å²) in [5, 5.41) is 5.82. The standard InChI is InChI=1S/C16H22N4S/c1-11-9-21-15-14(11)18-10-19-16(15)20(7-12-4-5-12)8-13-3-2-6-17-13/h9-10,12-13,17H,2-8H2,1H3. The highest BCUT2D eigenvalue weighted by atomic mass is 32.1. The van der Waals surface area contributed by atoms with E-state index >= 15 is 0 Å². The molecule has 2 aliphatic rings. The molecule has 4 nitrogen and oxygen atoms in total.